The predicted molar refractivity (Wildman–Crippen MR) is 122 cm³/mol. The highest BCUT2D eigenvalue weighted by atomic mass is 32.1. The molecule has 5 aromatic rings. The Balaban J connectivity index is 1.84. The summed E-state index contributed by atoms with van der Waals surface area (Å²) >= 11 is 1.24. The maximum Gasteiger partial charge on any atom is 0.380 e. The molecule has 0 amide bonds. The fourth-order valence-electron chi connectivity index (χ4n) is 4.87. The largest absolute Gasteiger partial charge is 0.380 e. The number of pyridine rings is 1. The second-order valence-corrected chi connectivity index (χ2v) is 9.44. The Morgan fingerprint density at radius 1 is 0.676 bits per heavy atom. The molecule has 2 aromatic heterocycles. The van der Waals surface area contributed by atoms with Gasteiger partial charge in [0.1, 0.15) is 4.83 Å². The first-order valence-corrected chi connectivity index (χ1v) is 11.2. The van der Waals surface area contributed by atoms with Crippen molar-refractivity contribution >= 4 is 32.3 Å². The molecular formula is C26H15F6NS. The summed E-state index contributed by atoms with van der Waals surface area (Å²) in [5.41, 5.74) is -0.781. The molecular weight excluding hydrogens is 472 g/mol. The highest BCUT2D eigenvalue weighted by molar-refractivity contribution is 7.21. The van der Waals surface area contributed by atoms with Gasteiger partial charge in [-0.15, -0.1) is 11.3 Å². The number of hydrogen-bond donors (Lipinski definition) is 0. The lowest BCUT2D eigenvalue weighted by Crippen LogP contribution is -2.43. The number of nitrogens with zero attached hydrogens (tertiary/aromatic N) is 1. The zero-order chi connectivity index (χ0) is 24.0. The highest BCUT2D eigenvalue weighted by Gasteiger charge is 2.80. The molecule has 6 rings (SSSR count). The molecule has 0 bridgehead atoms. The van der Waals surface area contributed by atoms with E-state index < -0.39 is 28.9 Å². The van der Waals surface area contributed by atoms with Gasteiger partial charge in [-0.2, -0.15) is 26.3 Å². The molecule has 0 radical (unpaired) electrons. The molecule has 3 aromatic carbocycles. The third-order valence-electron chi connectivity index (χ3n) is 6.51. The summed E-state index contributed by atoms with van der Waals surface area (Å²) in [5.74, 6) is -15.6. The molecule has 0 saturated carbocycles. The van der Waals surface area contributed by atoms with E-state index in [1.54, 1.807) is 72.3 Å². The third kappa shape index (κ3) is 2.46. The van der Waals surface area contributed by atoms with Crippen LogP contribution >= 0.6 is 11.3 Å². The maximum atomic E-state index is 15.0. The minimum Gasteiger partial charge on any atom is -0.335 e. The Kier molecular flexibility index (Phi) is 4.17. The van der Waals surface area contributed by atoms with Gasteiger partial charge in [0.2, 0.25) is 0 Å². The molecule has 2 heterocycles. The van der Waals surface area contributed by atoms with Crippen molar-refractivity contribution in [1.29, 1.82) is 0 Å². The van der Waals surface area contributed by atoms with Crippen LogP contribution in [0.15, 0.2) is 72.8 Å². The number of aryl methyl sites for hydroxylation is 1. The van der Waals surface area contributed by atoms with Gasteiger partial charge >= 0.3 is 17.8 Å². The fraction of sp³-hybridized carbons (Fsp3) is 0.154. The van der Waals surface area contributed by atoms with Crippen molar-refractivity contribution in [3.05, 3.63) is 83.9 Å². The highest BCUT2D eigenvalue weighted by Crippen LogP contribution is 2.67. The van der Waals surface area contributed by atoms with Crippen molar-refractivity contribution in [3.63, 3.8) is 0 Å². The number of benzene rings is 2. The van der Waals surface area contributed by atoms with Crippen LogP contribution in [0.5, 0.6) is 0 Å². The molecule has 0 aliphatic heterocycles. The van der Waals surface area contributed by atoms with Crippen LogP contribution in [0.25, 0.3) is 42.7 Å². The second-order valence-electron chi connectivity index (χ2n) is 8.41. The van der Waals surface area contributed by atoms with Crippen molar-refractivity contribution in [2.45, 2.75) is 17.8 Å². The number of hydrogen-bond acceptors (Lipinski definition) is 1. The minimum absolute atomic E-state index is 0.145. The number of rotatable bonds is 2. The van der Waals surface area contributed by atoms with E-state index in [1.807, 2.05) is 0 Å². The molecule has 0 spiro atoms. The van der Waals surface area contributed by atoms with Gasteiger partial charge < -0.3 is 4.57 Å². The Morgan fingerprint density at radius 3 is 1.74 bits per heavy atom. The van der Waals surface area contributed by atoms with E-state index in [0.717, 1.165) is 0 Å². The molecule has 0 fully saturated rings. The fourth-order valence-corrected chi connectivity index (χ4v) is 6.07. The maximum absolute atomic E-state index is 15.0. The molecule has 8 heteroatoms. The quantitative estimate of drug-likeness (QED) is 0.220. The van der Waals surface area contributed by atoms with E-state index in [-0.39, 0.29) is 16.2 Å². The van der Waals surface area contributed by atoms with Crippen LogP contribution in [0.2, 0.25) is 0 Å². The average Bonchev–Trinajstić information content (AvgIpc) is 3.22. The normalized spacial score (nSPS) is 18.0. The van der Waals surface area contributed by atoms with Crippen LogP contribution in [0.1, 0.15) is 11.1 Å². The molecule has 0 saturated heterocycles. The summed E-state index contributed by atoms with van der Waals surface area (Å²) < 4.78 is 90.8. The van der Waals surface area contributed by atoms with Gasteiger partial charge in [-0.05, 0) is 34.0 Å². The van der Waals surface area contributed by atoms with Gasteiger partial charge in [0.15, 0.2) is 0 Å². The van der Waals surface area contributed by atoms with Crippen molar-refractivity contribution in [3.8, 4) is 21.7 Å². The minimum atomic E-state index is -5.54. The molecule has 1 aliphatic rings. The van der Waals surface area contributed by atoms with Crippen molar-refractivity contribution in [1.82, 2.24) is 4.57 Å². The SMILES string of the molecule is Cn1c(-c2ccccc2)cc2c3c(c4cc(-c5ccccc5)sc1c42)C(F)(F)C(F)(F)C3(F)F. The van der Waals surface area contributed by atoms with E-state index in [0.29, 0.717) is 26.5 Å². The van der Waals surface area contributed by atoms with Gasteiger partial charge in [-0.25, -0.2) is 0 Å². The van der Waals surface area contributed by atoms with Crippen LogP contribution in [0, 0.1) is 0 Å². The smallest absolute Gasteiger partial charge is 0.335 e. The lowest BCUT2D eigenvalue weighted by atomic mass is 10.0. The van der Waals surface area contributed by atoms with Gasteiger partial charge in [-0.3, -0.25) is 0 Å². The van der Waals surface area contributed by atoms with Gasteiger partial charge in [-0.1, -0.05) is 60.7 Å². The van der Waals surface area contributed by atoms with Crippen LogP contribution in [0.4, 0.5) is 26.3 Å². The number of halogens is 6. The molecule has 1 aliphatic carbocycles. The van der Waals surface area contributed by atoms with Gasteiger partial charge in [0, 0.05) is 34.1 Å². The Labute approximate surface area is 193 Å². The van der Waals surface area contributed by atoms with Crippen molar-refractivity contribution in [2.75, 3.05) is 0 Å². The van der Waals surface area contributed by atoms with E-state index >= 15 is 17.6 Å². The van der Waals surface area contributed by atoms with Crippen LogP contribution in [-0.2, 0) is 18.9 Å². The summed E-state index contributed by atoms with van der Waals surface area (Å²) in [5, 5.41) is -0.393. The van der Waals surface area contributed by atoms with Crippen LogP contribution in [-0.4, -0.2) is 10.5 Å². The topological polar surface area (TPSA) is 4.93 Å². The number of aromatic nitrogens is 1. The summed E-state index contributed by atoms with van der Waals surface area (Å²) in [6.45, 7) is 0. The zero-order valence-electron chi connectivity index (χ0n) is 17.6. The first-order valence-electron chi connectivity index (χ1n) is 10.4. The van der Waals surface area contributed by atoms with Crippen molar-refractivity contribution < 1.29 is 26.3 Å². The lowest BCUT2D eigenvalue weighted by Gasteiger charge is -2.25. The molecule has 0 atom stereocenters. The van der Waals surface area contributed by atoms with E-state index in [2.05, 4.69) is 0 Å². The number of fused-ring (bicyclic) bond motifs is 3. The monoisotopic (exact) mass is 487 g/mol. The summed E-state index contributed by atoms with van der Waals surface area (Å²) in [7, 11) is 1.71. The summed E-state index contributed by atoms with van der Waals surface area (Å²) in [6.07, 6.45) is 0. The standard InChI is InChI=1S/C26H15F6NS/c1-33-18(14-8-4-2-5-9-14)12-16-20-17(13-19(34-23(20)33)15-10-6-3-7-11-15)22-21(16)24(27,28)26(31,32)25(22,29)30/h2-13H,1H3. The third-order valence-corrected chi connectivity index (χ3v) is 7.76. The van der Waals surface area contributed by atoms with E-state index in [9.17, 15) is 8.78 Å². The predicted octanol–water partition coefficient (Wildman–Crippen LogP) is 8.56. The average molecular weight is 487 g/mol. The van der Waals surface area contributed by atoms with E-state index in [4.69, 9.17) is 0 Å². The van der Waals surface area contributed by atoms with Crippen LogP contribution < -0.4 is 0 Å². The first-order chi connectivity index (χ1) is 16.1. The zero-order valence-corrected chi connectivity index (χ0v) is 18.4. The Morgan fingerprint density at radius 2 is 1.18 bits per heavy atom. The van der Waals surface area contributed by atoms with Gasteiger partial charge in [0.25, 0.3) is 0 Å². The van der Waals surface area contributed by atoms with Crippen molar-refractivity contribution in [2.24, 2.45) is 7.05 Å². The number of alkyl halides is 6. The second kappa shape index (κ2) is 6.66. The molecule has 0 unspecified atom stereocenters. The van der Waals surface area contributed by atoms with E-state index in [1.165, 1.54) is 23.5 Å². The Hall–Kier alpha value is -3.26. The van der Waals surface area contributed by atoms with Crippen LogP contribution in [0.3, 0.4) is 0 Å². The first kappa shape index (κ1) is 21.3. The molecule has 1 nitrogen and oxygen atoms in total. The lowest BCUT2D eigenvalue weighted by molar-refractivity contribution is -0.302. The van der Waals surface area contributed by atoms with Gasteiger partial charge in [0.05, 0.1) is 0 Å². The molecule has 172 valence electrons. The summed E-state index contributed by atoms with van der Waals surface area (Å²) in [6, 6.07) is 20.3. The Bertz CT molecular complexity index is 1550. The molecule has 34 heavy (non-hydrogen) atoms. The summed E-state index contributed by atoms with van der Waals surface area (Å²) in [4.78, 5) is 0.954. The molecule has 0 N–H and O–H groups in total.